The predicted molar refractivity (Wildman–Crippen MR) is 145 cm³/mol. The fourth-order valence-electron chi connectivity index (χ4n) is 4.17. The van der Waals surface area contributed by atoms with E-state index in [0.29, 0.717) is 42.0 Å². The van der Waals surface area contributed by atoms with Gasteiger partial charge in [-0.3, -0.25) is 4.57 Å². The van der Waals surface area contributed by atoms with Crippen LogP contribution in [0.3, 0.4) is 0 Å². The summed E-state index contributed by atoms with van der Waals surface area (Å²) in [7, 11) is 0. The van der Waals surface area contributed by atoms with Gasteiger partial charge in [0, 0.05) is 17.0 Å². The van der Waals surface area contributed by atoms with E-state index in [4.69, 9.17) is 15.5 Å². The smallest absolute Gasteiger partial charge is 0.336 e. The maximum Gasteiger partial charge on any atom is 0.336 e. The molecule has 0 spiro atoms. The van der Waals surface area contributed by atoms with Gasteiger partial charge in [0.2, 0.25) is 0 Å². The highest BCUT2D eigenvalue weighted by molar-refractivity contribution is 7.13. The van der Waals surface area contributed by atoms with Crippen molar-refractivity contribution in [3.63, 3.8) is 0 Å². The molecule has 5 rings (SSSR count). The lowest BCUT2D eigenvalue weighted by molar-refractivity contribution is 0.0652. The van der Waals surface area contributed by atoms with E-state index < -0.39 is 11.9 Å². The van der Waals surface area contributed by atoms with Crippen molar-refractivity contribution in [3.05, 3.63) is 83.0 Å². The molecule has 4 N–H and O–H groups in total. The Morgan fingerprint density at radius 1 is 1.05 bits per heavy atom. The number of benzene rings is 3. The number of rotatable bonds is 9. The summed E-state index contributed by atoms with van der Waals surface area (Å²) in [5.74, 6) is -2.05. The number of nitrogens with two attached hydrogens (primary N) is 1. The number of hydrogen-bond acceptors (Lipinski definition) is 7. The van der Waals surface area contributed by atoms with Gasteiger partial charge in [0.05, 0.1) is 45.7 Å². The lowest BCUT2D eigenvalue weighted by Gasteiger charge is -2.13. The van der Waals surface area contributed by atoms with Crippen LogP contribution in [0, 0.1) is 6.92 Å². The van der Waals surface area contributed by atoms with Crippen LogP contribution < -0.4 is 10.5 Å². The van der Waals surface area contributed by atoms with Gasteiger partial charge in [0.25, 0.3) is 0 Å². The normalized spacial score (nSPS) is 11.1. The third kappa shape index (κ3) is 4.86. The van der Waals surface area contributed by atoms with Crippen molar-refractivity contribution in [2.45, 2.75) is 13.3 Å². The number of nitrogens with zero attached hydrogens (tertiary/aromatic N) is 3. The first-order valence-corrected chi connectivity index (χ1v) is 12.7. The van der Waals surface area contributed by atoms with Gasteiger partial charge in [-0.1, -0.05) is 23.8 Å². The van der Waals surface area contributed by atoms with Gasteiger partial charge in [-0.05, 0) is 50.2 Å². The van der Waals surface area contributed by atoms with Gasteiger partial charge in [-0.2, -0.15) is 0 Å². The number of carbonyl (C=O) groups is 2. The summed E-state index contributed by atoms with van der Waals surface area (Å²) in [5.41, 5.74) is 10.4. The number of ether oxygens (including phenoxy) is 1. The van der Waals surface area contributed by atoms with Crippen LogP contribution in [0.15, 0.2) is 66.3 Å². The molecule has 0 aliphatic heterocycles. The van der Waals surface area contributed by atoms with Crippen LogP contribution >= 0.6 is 11.3 Å². The number of fused-ring (bicyclic) bond motifs is 1. The molecule has 0 aliphatic carbocycles. The Bertz CT molecular complexity index is 1670. The second-order valence-electron chi connectivity index (χ2n) is 8.69. The number of aryl methyl sites for hydroxylation is 1. The second kappa shape index (κ2) is 10.4. The summed E-state index contributed by atoms with van der Waals surface area (Å²) in [6.45, 7) is 2.94. The zero-order valence-corrected chi connectivity index (χ0v) is 21.2. The molecule has 0 bridgehead atoms. The Labute approximate surface area is 221 Å². The molecule has 2 heterocycles. The minimum atomic E-state index is -1.33. The van der Waals surface area contributed by atoms with E-state index in [2.05, 4.69) is 11.1 Å². The topological polar surface area (TPSA) is 141 Å². The number of aromatic nitrogens is 3. The van der Waals surface area contributed by atoms with Crippen LogP contribution in [0.25, 0.3) is 38.5 Å². The lowest BCUT2D eigenvalue weighted by atomic mass is 10.1. The van der Waals surface area contributed by atoms with E-state index in [9.17, 15) is 19.8 Å². The van der Waals surface area contributed by atoms with Crippen molar-refractivity contribution >= 4 is 34.3 Å². The number of hydrogen-bond donors (Lipinski definition) is 3. The van der Waals surface area contributed by atoms with E-state index in [0.717, 1.165) is 27.4 Å². The number of imidazole rings is 1. The summed E-state index contributed by atoms with van der Waals surface area (Å²) in [6, 6.07) is 16.4. The van der Waals surface area contributed by atoms with Crippen molar-refractivity contribution in [2.24, 2.45) is 5.73 Å². The Balaban J connectivity index is 1.58. The molecular weight excluding hydrogens is 504 g/mol. The number of aromatic carboxylic acids is 2. The minimum absolute atomic E-state index is 0.311. The fourth-order valence-corrected chi connectivity index (χ4v) is 5.03. The molecule has 0 unspecified atom stereocenters. The molecule has 5 aromatic rings. The summed E-state index contributed by atoms with van der Waals surface area (Å²) in [4.78, 5) is 32.5. The van der Waals surface area contributed by atoms with E-state index in [-0.39, 0.29) is 11.1 Å². The highest BCUT2D eigenvalue weighted by Crippen LogP contribution is 2.37. The van der Waals surface area contributed by atoms with Crippen molar-refractivity contribution < 1.29 is 24.5 Å². The Morgan fingerprint density at radius 2 is 1.84 bits per heavy atom. The van der Waals surface area contributed by atoms with Gasteiger partial charge in [-0.15, -0.1) is 11.3 Å². The first-order valence-electron chi connectivity index (χ1n) is 11.8. The van der Waals surface area contributed by atoms with Crippen molar-refractivity contribution in [1.82, 2.24) is 14.5 Å². The van der Waals surface area contributed by atoms with Gasteiger partial charge in [-0.25, -0.2) is 19.6 Å². The summed E-state index contributed by atoms with van der Waals surface area (Å²) in [6.07, 6.45) is 2.20. The minimum Gasteiger partial charge on any atom is -0.493 e. The third-order valence-corrected chi connectivity index (χ3v) is 6.92. The van der Waals surface area contributed by atoms with Crippen molar-refractivity contribution in [2.75, 3.05) is 13.2 Å². The molecule has 3 aromatic carbocycles. The zero-order chi connectivity index (χ0) is 26.8. The average molecular weight is 529 g/mol. The molecule has 38 heavy (non-hydrogen) atoms. The van der Waals surface area contributed by atoms with Crippen LogP contribution in [-0.4, -0.2) is 49.8 Å². The number of carboxylic acids is 2. The maximum atomic E-state index is 11.7. The molecule has 0 amide bonds. The van der Waals surface area contributed by atoms with Crippen LogP contribution in [0.2, 0.25) is 0 Å². The number of thiazole rings is 1. The van der Waals surface area contributed by atoms with Gasteiger partial charge < -0.3 is 20.7 Å². The summed E-state index contributed by atoms with van der Waals surface area (Å²) in [5, 5.41) is 21.8. The predicted octanol–water partition coefficient (Wildman–Crippen LogP) is 5.25. The highest BCUT2D eigenvalue weighted by atomic mass is 32.1. The molecule has 0 fully saturated rings. The highest BCUT2D eigenvalue weighted by Gasteiger charge is 2.20. The Morgan fingerprint density at radius 3 is 2.58 bits per heavy atom. The standard InChI is InChI=1S/C28H24N4O5S/c1-16-4-2-5-17(10-16)23-14-38-26(31-23)19-7-6-18(11-25(19)37-9-3-8-29)32-15-30-22-12-20(27(33)34)21(28(35)36)13-24(22)32/h2,4-7,10-15H,3,8-9,29H2,1H3,(H,33,34)(H,35,36). The maximum absolute atomic E-state index is 11.7. The molecule has 9 nitrogen and oxygen atoms in total. The van der Waals surface area contributed by atoms with Gasteiger partial charge in [0.15, 0.2) is 0 Å². The first-order chi connectivity index (χ1) is 18.4. The fraction of sp³-hybridized carbons (Fsp3) is 0.143. The van der Waals surface area contributed by atoms with Gasteiger partial charge >= 0.3 is 11.9 Å². The molecule has 192 valence electrons. The zero-order valence-electron chi connectivity index (χ0n) is 20.4. The molecule has 0 radical (unpaired) electrons. The van der Waals surface area contributed by atoms with E-state index in [1.807, 2.05) is 48.7 Å². The Kier molecular flexibility index (Phi) is 6.91. The summed E-state index contributed by atoms with van der Waals surface area (Å²) < 4.78 is 7.81. The molecule has 0 saturated carbocycles. The Hall–Kier alpha value is -4.54. The van der Waals surface area contributed by atoms with Crippen LogP contribution in [-0.2, 0) is 0 Å². The largest absolute Gasteiger partial charge is 0.493 e. The molecular formula is C28H24N4O5S. The molecule has 0 aliphatic rings. The SMILES string of the molecule is Cc1cccc(-c2csc(-c3ccc(-n4cnc5cc(C(=O)O)c(C(=O)O)cc54)cc3OCCCN)n2)c1. The molecule has 10 heteroatoms. The van der Waals surface area contributed by atoms with E-state index in [1.54, 1.807) is 4.57 Å². The lowest BCUT2D eigenvalue weighted by Crippen LogP contribution is -2.08. The van der Waals surface area contributed by atoms with Crippen LogP contribution in [0.4, 0.5) is 0 Å². The quantitative estimate of drug-likeness (QED) is 0.220. The third-order valence-electron chi connectivity index (χ3n) is 6.05. The average Bonchev–Trinajstić information content (AvgIpc) is 3.55. The van der Waals surface area contributed by atoms with Crippen LogP contribution in [0.5, 0.6) is 5.75 Å². The monoisotopic (exact) mass is 528 g/mol. The van der Waals surface area contributed by atoms with Crippen molar-refractivity contribution in [1.29, 1.82) is 0 Å². The molecule has 2 aromatic heterocycles. The number of carboxylic acid groups (broad SMARTS) is 2. The second-order valence-corrected chi connectivity index (χ2v) is 9.55. The first kappa shape index (κ1) is 25.1. The molecule has 0 atom stereocenters. The van der Waals surface area contributed by atoms with Crippen molar-refractivity contribution in [3.8, 4) is 33.3 Å². The van der Waals surface area contributed by atoms with E-state index in [1.165, 1.54) is 29.8 Å². The summed E-state index contributed by atoms with van der Waals surface area (Å²) >= 11 is 1.52. The van der Waals surface area contributed by atoms with E-state index >= 15 is 0 Å². The van der Waals surface area contributed by atoms with Gasteiger partial charge in [0.1, 0.15) is 17.1 Å². The molecule has 0 saturated heterocycles. The van der Waals surface area contributed by atoms with Crippen LogP contribution in [0.1, 0.15) is 32.7 Å².